The first kappa shape index (κ1) is 19.1. The maximum absolute atomic E-state index is 12.4. The summed E-state index contributed by atoms with van der Waals surface area (Å²) in [5, 5.41) is 0. The van der Waals surface area contributed by atoms with Crippen LogP contribution in [0.2, 0.25) is 0 Å². The maximum atomic E-state index is 12.4. The van der Waals surface area contributed by atoms with Crippen molar-refractivity contribution in [2.24, 2.45) is 23.7 Å². The normalized spacial score (nSPS) is 38.2. The number of aryl methyl sites for hydroxylation is 3. The molecule has 5 rings (SSSR count). The van der Waals surface area contributed by atoms with Gasteiger partial charge in [0, 0.05) is 16.7 Å². The van der Waals surface area contributed by atoms with E-state index in [1.165, 1.54) is 0 Å². The molecule has 29 heavy (non-hydrogen) atoms. The number of amides is 1. The number of halogens is 1. The van der Waals surface area contributed by atoms with E-state index < -0.39 is 12.1 Å². The topological polar surface area (TPSA) is 73.9 Å². The first-order valence-electron chi connectivity index (χ1n) is 10.1. The molecule has 2 bridgehead atoms. The highest BCUT2D eigenvalue weighted by atomic mass is 79.9. The molecule has 3 fully saturated rings. The molecule has 0 aromatic heterocycles. The Morgan fingerprint density at radius 2 is 1.83 bits per heavy atom. The molecule has 1 heterocycles. The van der Waals surface area contributed by atoms with Gasteiger partial charge in [-0.15, -0.1) is 5.48 Å². The van der Waals surface area contributed by atoms with Crippen molar-refractivity contribution in [2.75, 3.05) is 0 Å². The molecule has 7 heteroatoms. The van der Waals surface area contributed by atoms with Crippen LogP contribution in [0.25, 0.3) is 0 Å². The van der Waals surface area contributed by atoms with E-state index in [0.717, 1.165) is 23.1 Å². The van der Waals surface area contributed by atoms with Crippen LogP contribution >= 0.6 is 15.9 Å². The van der Waals surface area contributed by atoms with Gasteiger partial charge in [-0.2, -0.15) is 0 Å². The number of rotatable bonds is 2. The summed E-state index contributed by atoms with van der Waals surface area (Å²) in [5.41, 5.74) is 5.32. The molecule has 1 aromatic rings. The Kier molecular flexibility index (Phi) is 4.51. The Balaban J connectivity index is 1.23. The quantitative estimate of drug-likeness (QED) is 0.412. The van der Waals surface area contributed by atoms with Gasteiger partial charge in [0.15, 0.2) is 0 Å². The lowest BCUT2D eigenvalue weighted by Gasteiger charge is -2.37. The Hall–Kier alpha value is -1.86. The van der Waals surface area contributed by atoms with Crippen molar-refractivity contribution in [2.45, 2.75) is 50.3 Å². The minimum Gasteiger partial charge on any atom is -0.440 e. The fourth-order valence-electron chi connectivity index (χ4n) is 6.18. The highest BCUT2D eigenvalue weighted by molar-refractivity contribution is 9.09. The van der Waals surface area contributed by atoms with Crippen LogP contribution in [0.4, 0.5) is 4.79 Å². The van der Waals surface area contributed by atoms with Gasteiger partial charge in [-0.1, -0.05) is 39.7 Å². The zero-order chi connectivity index (χ0) is 20.4. The van der Waals surface area contributed by atoms with Gasteiger partial charge in [0.05, 0.1) is 17.8 Å². The highest BCUT2D eigenvalue weighted by Crippen LogP contribution is 2.64. The van der Waals surface area contributed by atoms with Crippen LogP contribution in [0.3, 0.4) is 0 Å². The van der Waals surface area contributed by atoms with Gasteiger partial charge < -0.3 is 14.3 Å². The van der Waals surface area contributed by atoms with Crippen molar-refractivity contribution in [1.29, 1.82) is 0 Å². The molecule has 8 atom stereocenters. The van der Waals surface area contributed by atoms with Crippen molar-refractivity contribution < 1.29 is 23.9 Å². The zero-order valence-electron chi connectivity index (χ0n) is 16.6. The van der Waals surface area contributed by atoms with Gasteiger partial charge >= 0.3 is 12.1 Å². The van der Waals surface area contributed by atoms with Gasteiger partial charge in [-0.3, -0.25) is 0 Å². The summed E-state index contributed by atoms with van der Waals surface area (Å²) in [6, 6.07) is 3.82. The van der Waals surface area contributed by atoms with Crippen LogP contribution in [0.1, 0.15) is 33.5 Å². The van der Waals surface area contributed by atoms with E-state index in [1.807, 2.05) is 45.1 Å². The molecular formula is C22H24BrNO5. The molecule has 1 aromatic carbocycles. The Labute approximate surface area is 178 Å². The SMILES string of the molecule is Cc1cc(C)c(C(=O)ONC(=O)O[C@@H]2C=C[C@H]3O[C@H]4[C@H](Br)[C@@H]5C[C@H]4[C@H]3[C@@H]52)c(C)c1. The summed E-state index contributed by atoms with van der Waals surface area (Å²) in [6.07, 6.45) is 4.35. The minimum atomic E-state index is -0.752. The van der Waals surface area contributed by atoms with Crippen LogP contribution in [0.5, 0.6) is 0 Å². The fourth-order valence-corrected chi connectivity index (χ4v) is 7.26. The number of hydrogen-bond acceptors (Lipinski definition) is 5. The van der Waals surface area contributed by atoms with E-state index in [9.17, 15) is 9.59 Å². The zero-order valence-corrected chi connectivity index (χ0v) is 18.1. The smallest absolute Gasteiger partial charge is 0.440 e. The van der Waals surface area contributed by atoms with Crippen molar-refractivity contribution in [3.05, 3.63) is 46.5 Å². The lowest BCUT2D eigenvalue weighted by molar-refractivity contribution is -0.000565. The van der Waals surface area contributed by atoms with Crippen LogP contribution in [-0.4, -0.2) is 35.2 Å². The van der Waals surface area contributed by atoms with Crippen LogP contribution in [0, 0.1) is 44.4 Å². The maximum Gasteiger partial charge on any atom is 0.441 e. The van der Waals surface area contributed by atoms with Gasteiger partial charge in [0.1, 0.15) is 6.10 Å². The average Bonchev–Trinajstić information content (AvgIpc) is 3.28. The summed E-state index contributed by atoms with van der Waals surface area (Å²) >= 11 is 3.79. The number of alkyl halides is 1. The predicted molar refractivity (Wildman–Crippen MR) is 109 cm³/mol. The van der Waals surface area contributed by atoms with E-state index in [4.69, 9.17) is 14.3 Å². The third-order valence-corrected chi connectivity index (χ3v) is 8.24. The van der Waals surface area contributed by atoms with E-state index in [2.05, 4.69) is 21.4 Å². The number of nitrogens with one attached hydrogen (secondary N) is 1. The second kappa shape index (κ2) is 6.84. The summed E-state index contributed by atoms with van der Waals surface area (Å²) in [6.45, 7) is 5.67. The van der Waals surface area contributed by atoms with Crippen LogP contribution < -0.4 is 5.48 Å². The molecule has 3 aliphatic carbocycles. The number of ether oxygens (including phenoxy) is 2. The van der Waals surface area contributed by atoms with Gasteiger partial charge in [0.2, 0.25) is 0 Å². The molecular weight excluding hydrogens is 438 g/mol. The Morgan fingerprint density at radius 3 is 2.55 bits per heavy atom. The van der Waals surface area contributed by atoms with E-state index >= 15 is 0 Å². The second-order valence-corrected chi connectivity index (χ2v) is 9.81. The molecule has 154 valence electrons. The minimum absolute atomic E-state index is 0.121. The number of carbonyl (C=O) groups is 2. The van der Waals surface area contributed by atoms with E-state index in [-0.39, 0.29) is 24.2 Å². The van der Waals surface area contributed by atoms with Crippen LogP contribution in [-0.2, 0) is 14.3 Å². The Morgan fingerprint density at radius 1 is 1.10 bits per heavy atom. The summed E-state index contributed by atoms with van der Waals surface area (Å²) in [4.78, 5) is 30.1. The van der Waals surface area contributed by atoms with Gasteiger partial charge in [-0.05, 0) is 56.2 Å². The highest BCUT2D eigenvalue weighted by Gasteiger charge is 2.67. The van der Waals surface area contributed by atoms with Gasteiger partial charge in [-0.25, -0.2) is 9.59 Å². The number of benzene rings is 1. The molecule has 0 spiro atoms. The molecule has 1 N–H and O–H groups in total. The fraction of sp³-hybridized carbons (Fsp3) is 0.545. The third-order valence-electron chi connectivity index (χ3n) is 7.04. The van der Waals surface area contributed by atoms with Crippen molar-refractivity contribution in [3.8, 4) is 0 Å². The molecule has 0 unspecified atom stereocenters. The van der Waals surface area contributed by atoms with Crippen molar-refractivity contribution in [3.63, 3.8) is 0 Å². The first-order chi connectivity index (χ1) is 13.8. The summed E-state index contributed by atoms with van der Waals surface area (Å²) in [5.74, 6) is 1.01. The van der Waals surface area contributed by atoms with E-state index in [0.29, 0.717) is 28.1 Å². The van der Waals surface area contributed by atoms with Crippen molar-refractivity contribution in [1.82, 2.24) is 5.48 Å². The lowest BCUT2D eigenvalue weighted by atomic mass is 9.72. The lowest BCUT2D eigenvalue weighted by Crippen LogP contribution is -2.44. The number of fused-ring (bicyclic) bond motifs is 2. The molecule has 6 nitrogen and oxygen atoms in total. The largest absolute Gasteiger partial charge is 0.441 e. The first-order valence-corrected chi connectivity index (χ1v) is 11.0. The summed E-state index contributed by atoms with van der Waals surface area (Å²) < 4.78 is 11.8. The molecule has 1 saturated heterocycles. The molecule has 0 radical (unpaired) electrons. The Bertz CT molecular complexity index is 891. The molecule has 2 saturated carbocycles. The average molecular weight is 462 g/mol. The monoisotopic (exact) mass is 461 g/mol. The molecule has 1 amide bonds. The predicted octanol–water partition coefficient (Wildman–Crippen LogP) is 3.76. The number of carbonyl (C=O) groups excluding carboxylic acids is 2. The molecule has 4 aliphatic rings. The standard InChI is InChI=1S/C22H24BrNO5/c1-9-6-10(2)16(11(3)7-9)21(25)29-24-22(26)28-15-5-4-14-18-13-8-12(17(15)18)19(23)20(13)27-14/h4-7,12-15,17-20H,8H2,1-3H3,(H,24,26)/t12-,13+,14-,15-,17+,18-,19-,20-/m1/s1. The van der Waals surface area contributed by atoms with Crippen molar-refractivity contribution >= 4 is 28.0 Å². The van der Waals surface area contributed by atoms with Gasteiger partial charge in [0.25, 0.3) is 0 Å². The summed E-state index contributed by atoms with van der Waals surface area (Å²) in [7, 11) is 0. The number of hydrogen-bond donors (Lipinski definition) is 1. The van der Waals surface area contributed by atoms with E-state index in [1.54, 1.807) is 0 Å². The third kappa shape index (κ3) is 2.93. The van der Waals surface area contributed by atoms with Crippen LogP contribution in [0.15, 0.2) is 24.3 Å². The second-order valence-electron chi connectivity index (χ2n) is 8.75. The number of hydroxylamine groups is 1. The molecule has 1 aliphatic heterocycles.